The zero-order chi connectivity index (χ0) is 5.70. The van der Waals surface area contributed by atoms with E-state index in [9.17, 15) is 0 Å². The van der Waals surface area contributed by atoms with Crippen LogP contribution in [0.25, 0.3) is 0 Å². The maximum absolute atomic E-state index is 7.98. The van der Waals surface area contributed by atoms with Crippen LogP contribution in [0.4, 0.5) is 0 Å². The van der Waals surface area contributed by atoms with Crippen molar-refractivity contribution in [3.8, 4) is 0 Å². The monoisotopic (exact) mass is 122 g/mol. The molecule has 0 radical (unpaired) electrons. The minimum absolute atomic E-state index is 0.271. The van der Waals surface area contributed by atoms with Crippen molar-refractivity contribution in [1.82, 2.24) is 4.72 Å². The molecule has 0 unspecified atom stereocenters. The van der Waals surface area contributed by atoms with Crippen molar-refractivity contribution in [2.45, 2.75) is 6.92 Å². The van der Waals surface area contributed by atoms with Gasteiger partial charge in [-0.3, -0.25) is 4.72 Å². The third-order valence-corrected chi connectivity index (χ3v) is 0.730. The van der Waals surface area contributed by atoms with Crippen LogP contribution in [-0.4, -0.2) is 15.6 Å². The van der Waals surface area contributed by atoms with E-state index in [1.807, 2.05) is 0 Å². The predicted molar refractivity (Wildman–Crippen MR) is 28.3 cm³/mol. The molecular formula is C2H6N2O2S. The molecule has 0 heterocycles. The van der Waals surface area contributed by atoms with Gasteiger partial charge in [-0.05, 0) is 6.92 Å². The fraction of sp³-hybridized carbons (Fsp3) is 0.500. The van der Waals surface area contributed by atoms with Crippen LogP contribution in [0.1, 0.15) is 6.92 Å². The number of hydrogen-bond acceptors (Lipinski definition) is 4. The zero-order valence-electron chi connectivity index (χ0n) is 3.75. The Balaban J connectivity index is 3.17. The van der Waals surface area contributed by atoms with Crippen molar-refractivity contribution in [1.29, 1.82) is 0 Å². The summed E-state index contributed by atoms with van der Waals surface area (Å²) in [5, 5.41) is 10.6. The molecule has 42 valence electrons. The number of rotatable bonds is 1. The fourth-order valence-corrected chi connectivity index (χ4v) is 0.259. The quantitative estimate of drug-likeness (QED) is 0.118. The highest BCUT2D eigenvalue weighted by Gasteiger charge is 1.82. The first-order valence-electron chi connectivity index (χ1n) is 1.56. The molecule has 0 aromatic rings. The van der Waals surface area contributed by atoms with E-state index in [4.69, 9.17) is 9.76 Å². The molecule has 0 saturated heterocycles. The molecule has 0 atom stereocenters. The highest BCUT2D eigenvalue weighted by atomic mass is 32.2. The number of oxime groups is 1. The predicted octanol–water partition coefficient (Wildman–Crippen LogP) is 0.505. The molecular weight excluding hydrogens is 116 g/mol. The highest BCUT2D eigenvalue weighted by Crippen LogP contribution is 1.79. The van der Waals surface area contributed by atoms with E-state index in [2.05, 4.69) is 9.88 Å². The second kappa shape index (κ2) is 3.76. The van der Waals surface area contributed by atoms with E-state index in [0.29, 0.717) is 12.2 Å². The number of nitrogens with zero attached hydrogens (tertiary/aromatic N) is 1. The minimum Gasteiger partial charge on any atom is -0.409 e. The first-order valence-corrected chi connectivity index (χ1v) is 2.33. The molecule has 0 amide bonds. The lowest BCUT2D eigenvalue weighted by molar-refractivity contribution is 0.317. The van der Waals surface area contributed by atoms with Crippen LogP contribution >= 0.6 is 12.2 Å². The van der Waals surface area contributed by atoms with Crippen LogP contribution in [0.15, 0.2) is 5.16 Å². The lowest BCUT2D eigenvalue weighted by Gasteiger charge is -1.91. The Bertz CT molecular complexity index is 74.1. The molecule has 0 aromatic carbocycles. The van der Waals surface area contributed by atoms with Crippen molar-refractivity contribution >= 4 is 18.1 Å². The van der Waals surface area contributed by atoms with Crippen LogP contribution in [0.2, 0.25) is 0 Å². The van der Waals surface area contributed by atoms with Gasteiger partial charge in [-0.15, -0.1) is 0 Å². The fourth-order valence-electron chi connectivity index (χ4n) is 0.0865. The maximum atomic E-state index is 7.98. The second-order valence-electron chi connectivity index (χ2n) is 0.879. The summed E-state index contributed by atoms with van der Waals surface area (Å²) in [7, 11) is 0. The average molecular weight is 122 g/mol. The van der Waals surface area contributed by atoms with Gasteiger partial charge in [-0.1, -0.05) is 5.16 Å². The van der Waals surface area contributed by atoms with Crippen molar-refractivity contribution in [2.75, 3.05) is 0 Å². The molecule has 5 heteroatoms. The molecule has 3 N–H and O–H groups in total. The standard InChI is InChI=1S/C2H6N2O2S/c1-2(3-5)4-7-6/h5-6H,1H3,(H,3,4). The van der Waals surface area contributed by atoms with Gasteiger partial charge in [0.05, 0.1) is 0 Å². The van der Waals surface area contributed by atoms with E-state index >= 15 is 0 Å². The van der Waals surface area contributed by atoms with Crippen molar-refractivity contribution in [2.24, 2.45) is 5.16 Å². The molecule has 0 spiro atoms. The summed E-state index contributed by atoms with van der Waals surface area (Å²) in [4.78, 5) is 0. The normalized spacial score (nSPS) is 11.4. The average Bonchev–Trinajstić information content (AvgIpc) is 1.68. The second-order valence-corrected chi connectivity index (χ2v) is 1.27. The smallest absolute Gasteiger partial charge is 0.150 e. The van der Waals surface area contributed by atoms with Crippen LogP contribution in [-0.2, 0) is 0 Å². The molecule has 0 fully saturated rings. The number of amidine groups is 1. The van der Waals surface area contributed by atoms with Crippen LogP contribution in [0, 0.1) is 0 Å². The Morgan fingerprint density at radius 3 is 2.57 bits per heavy atom. The molecule has 0 bridgehead atoms. The summed E-state index contributed by atoms with van der Waals surface area (Å²) >= 11 is 0.394. The van der Waals surface area contributed by atoms with E-state index in [-0.39, 0.29) is 5.84 Å². The van der Waals surface area contributed by atoms with Gasteiger partial charge in [0.25, 0.3) is 0 Å². The van der Waals surface area contributed by atoms with Crippen LogP contribution in [0.5, 0.6) is 0 Å². The summed E-state index contributed by atoms with van der Waals surface area (Å²) in [6.07, 6.45) is 0. The summed E-state index contributed by atoms with van der Waals surface area (Å²) < 4.78 is 10.2. The lowest BCUT2D eigenvalue weighted by Crippen LogP contribution is -2.09. The molecule has 0 rings (SSSR count). The number of nitrogens with one attached hydrogen (secondary N) is 1. The van der Waals surface area contributed by atoms with Gasteiger partial charge < -0.3 is 9.76 Å². The van der Waals surface area contributed by atoms with Gasteiger partial charge in [0.15, 0.2) is 0 Å². The first-order chi connectivity index (χ1) is 3.31. The largest absolute Gasteiger partial charge is 0.409 e. The highest BCUT2D eigenvalue weighted by molar-refractivity contribution is 7.92. The van der Waals surface area contributed by atoms with Crippen LogP contribution in [0.3, 0.4) is 0 Å². The summed E-state index contributed by atoms with van der Waals surface area (Å²) in [5.41, 5.74) is 0. The molecule has 0 aliphatic heterocycles. The summed E-state index contributed by atoms with van der Waals surface area (Å²) in [6.45, 7) is 1.52. The van der Waals surface area contributed by atoms with Gasteiger partial charge in [0.2, 0.25) is 0 Å². The Morgan fingerprint density at radius 2 is 2.43 bits per heavy atom. The Kier molecular flexibility index (Phi) is 3.53. The minimum atomic E-state index is 0.271. The topological polar surface area (TPSA) is 64.9 Å². The molecule has 4 nitrogen and oxygen atoms in total. The van der Waals surface area contributed by atoms with E-state index in [1.54, 1.807) is 0 Å². The van der Waals surface area contributed by atoms with Crippen molar-refractivity contribution in [3.63, 3.8) is 0 Å². The van der Waals surface area contributed by atoms with Gasteiger partial charge in [0, 0.05) is 0 Å². The van der Waals surface area contributed by atoms with E-state index in [1.165, 1.54) is 6.92 Å². The number of hydrogen-bond donors (Lipinski definition) is 3. The molecule has 0 aliphatic carbocycles. The molecule has 7 heavy (non-hydrogen) atoms. The van der Waals surface area contributed by atoms with Crippen molar-refractivity contribution in [3.05, 3.63) is 0 Å². The third-order valence-electron chi connectivity index (χ3n) is 0.343. The van der Waals surface area contributed by atoms with E-state index < -0.39 is 0 Å². The SMILES string of the molecule is C/C(=N/O)NSO. The zero-order valence-corrected chi connectivity index (χ0v) is 4.57. The summed E-state index contributed by atoms with van der Waals surface area (Å²) in [6, 6.07) is 0. The summed E-state index contributed by atoms with van der Waals surface area (Å²) in [5.74, 6) is 0.271. The van der Waals surface area contributed by atoms with Gasteiger partial charge >= 0.3 is 0 Å². The molecule has 0 aliphatic rings. The van der Waals surface area contributed by atoms with Crippen molar-refractivity contribution < 1.29 is 9.76 Å². The Labute approximate surface area is 45.6 Å². The molecule has 0 saturated carbocycles. The first kappa shape index (κ1) is 6.58. The third kappa shape index (κ3) is 3.41. The maximum Gasteiger partial charge on any atom is 0.150 e. The van der Waals surface area contributed by atoms with Gasteiger partial charge in [-0.25, -0.2) is 0 Å². The van der Waals surface area contributed by atoms with Gasteiger partial charge in [0.1, 0.15) is 18.1 Å². The Morgan fingerprint density at radius 1 is 1.86 bits per heavy atom. The van der Waals surface area contributed by atoms with E-state index in [0.717, 1.165) is 0 Å². The Hall–Kier alpha value is -0.420. The lowest BCUT2D eigenvalue weighted by atomic mass is 10.7. The molecule has 0 aromatic heterocycles. The van der Waals surface area contributed by atoms with Gasteiger partial charge in [-0.2, -0.15) is 0 Å². The van der Waals surface area contributed by atoms with Crippen LogP contribution < -0.4 is 4.72 Å².